The van der Waals surface area contributed by atoms with E-state index in [2.05, 4.69) is 5.32 Å². The molecule has 0 fully saturated rings. The maximum atomic E-state index is 11.5. The first kappa shape index (κ1) is 14.8. The highest BCUT2D eigenvalue weighted by Gasteiger charge is 2.15. The van der Waals surface area contributed by atoms with Crippen LogP contribution in [-0.2, 0) is 9.53 Å². The van der Waals surface area contributed by atoms with Crippen molar-refractivity contribution in [2.24, 2.45) is 0 Å². The smallest absolute Gasteiger partial charge is 0.412 e. The zero-order chi connectivity index (χ0) is 14.5. The van der Waals surface area contributed by atoms with Crippen molar-refractivity contribution in [1.29, 1.82) is 0 Å². The van der Waals surface area contributed by atoms with E-state index in [9.17, 15) is 9.59 Å². The second-order valence-electron chi connectivity index (χ2n) is 4.92. The van der Waals surface area contributed by atoms with Crippen LogP contribution < -0.4 is 5.32 Å². The summed E-state index contributed by atoms with van der Waals surface area (Å²) in [5.41, 5.74) is 0.771. The molecule has 5 nitrogen and oxygen atoms in total. The van der Waals surface area contributed by atoms with E-state index in [-0.39, 0.29) is 0 Å². The maximum Gasteiger partial charge on any atom is 0.412 e. The lowest BCUT2D eigenvalue weighted by atomic mass is 10.2. The molecule has 1 aromatic rings. The van der Waals surface area contributed by atoms with Crippen molar-refractivity contribution in [2.75, 3.05) is 5.32 Å². The van der Waals surface area contributed by atoms with Gasteiger partial charge in [0.15, 0.2) is 0 Å². The highest BCUT2D eigenvalue weighted by atomic mass is 16.6. The summed E-state index contributed by atoms with van der Waals surface area (Å²) in [6.45, 7) is 5.35. The summed E-state index contributed by atoms with van der Waals surface area (Å²) in [6, 6.07) is 6.75. The van der Waals surface area contributed by atoms with Crippen molar-refractivity contribution in [1.82, 2.24) is 0 Å². The minimum atomic E-state index is -1.00. The molecule has 0 unspecified atom stereocenters. The Morgan fingerprint density at radius 1 is 1.21 bits per heavy atom. The second-order valence-corrected chi connectivity index (χ2v) is 4.92. The van der Waals surface area contributed by atoms with Crippen LogP contribution in [0.4, 0.5) is 10.5 Å². The average Bonchev–Trinajstić information content (AvgIpc) is 2.25. The molecule has 1 amide bonds. The van der Waals surface area contributed by atoms with Gasteiger partial charge in [0.05, 0.1) is 0 Å². The number of benzene rings is 1. The highest BCUT2D eigenvalue weighted by molar-refractivity contribution is 5.86. The topological polar surface area (TPSA) is 75.6 Å². The Morgan fingerprint density at radius 3 is 2.26 bits per heavy atom. The number of hydrogen-bond acceptors (Lipinski definition) is 3. The Kier molecular flexibility index (Phi) is 4.69. The molecule has 0 spiro atoms. The van der Waals surface area contributed by atoms with Gasteiger partial charge in [0, 0.05) is 11.8 Å². The molecule has 0 saturated heterocycles. The molecule has 0 atom stereocenters. The molecule has 0 aromatic heterocycles. The molecular formula is C14H17NO4. The lowest BCUT2D eigenvalue weighted by Gasteiger charge is -2.19. The van der Waals surface area contributed by atoms with E-state index < -0.39 is 17.7 Å². The van der Waals surface area contributed by atoms with E-state index >= 15 is 0 Å². The Balaban J connectivity index is 2.62. The van der Waals surface area contributed by atoms with Crippen LogP contribution in [0, 0.1) is 0 Å². The number of carbonyl (C=O) groups is 2. The fourth-order valence-corrected chi connectivity index (χ4v) is 1.27. The third kappa shape index (κ3) is 6.26. The van der Waals surface area contributed by atoms with Gasteiger partial charge in [-0.1, -0.05) is 12.1 Å². The van der Waals surface area contributed by atoms with Crippen LogP contribution in [0.2, 0.25) is 0 Å². The zero-order valence-corrected chi connectivity index (χ0v) is 11.1. The van der Waals surface area contributed by atoms with E-state index in [0.717, 1.165) is 11.6 Å². The van der Waals surface area contributed by atoms with Gasteiger partial charge in [-0.05, 0) is 44.5 Å². The SMILES string of the molecule is CC(C)(C)OC(=O)Nc1ccc(C=CC(=O)O)cc1. The molecule has 1 aromatic carbocycles. The first-order valence-electron chi connectivity index (χ1n) is 5.77. The number of carboxylic acid groups (broad SMARTS) is 1. The first-order chi connectivity index (χ1) is 8.76. The molecule has 0 aliphatic heterocycles. The summed E-state index contributed by atoms with van der Waals surface area (Å²) < 4.78 is 5.11. The zero-order valence-electron chi connectivity index (χ0n) is 11.1. The van der Waals surface area contributed by atoms with Crippen LogP contribution in [0.15, 0.2) is 30.3 Å². The monoisotopic (exact) mass is 263 g/mol. The predicted octanol–water partition coefficient (Wildman–Crippen LogP) is 3.13. The quantitative estimate of drug-likeness (QED) is 0.821. The van der Waals surface area contributed by atoms with Crippen LogP contribution in [-0.4, -0.2) is 22.8 Å². The van der Waals surface area contributed by atoms with E-state index in [4.69, 9.17) is 9.84 Å². The summed E-state index contributed by atoms with van der Waals surface area (Å²) in [5, 5.41) is 11.1. The van der Waals surface area contributed by atoms with Crippen molar-refractivity contribution in [3.63, 3.8) is 0 Å². The summed E-state index contributed by atoms with van der Waals surface area (Å²) >= 11 is 0. The van der Waals surface area contributed by atoms with Gasteiger partial charge < -0.3 is 9.84 Å². The standard InChI is InChI=1S/C14H17NO4/c1-14(2,3)19-13(18)15-11-7-4-10(5-8-11)6-9-12(16)17/h4-9H,1-3H3,(H,15,18)(H,16,17). The maximum absolute atomic E-state index is 11.5. The van der Waals surface area contributed by atoms with Gasteiger partial charge in [-0.15, -0.1) is 0 Å². The molecule has 0 aliphatic carbocycles. The van der Waals surface area contributed by atoms with Gasteiger partial charge in [0.2, 0.25) is 0 Å². The number of aliphatic carboxylic acids is 1. The van der Waals surface area contributed by atoms with E-state index in [0.29, 0.717) is 5.69 Å². The molecule has 0 heterocycles. The average molecular weight is 263 g/mol. The third-order valence-corrected chi connectivity index (χ3v) is 1.97. The van der Waals surface area contributed by atoms with Crippen molar-refractivity contribution < 1.29 is 19.4 Å². The molecule has 5 heteroatoms. The number of amides is 1. The van der Waals surface area contributed by atoms with Gasteiger partial charge in [0.1, 0.15) is 5.60 Å². The Hall–Kier alpha value is -2.30. The van der Waals surface area contributed by atoms with Crippen LogP contribution >= 0.6 is 0 Å². The van der Waals surface area contributed by atoms with Crippen LogP contribution in [0.25, 0.3) is 6.08 Å². The summed E-state index contributed by atoms with van der Waals surface area (Å²) in [7, 11) is 0. The lowest BCUT2D eigenvalue weighted by molar-refractivity contribution is -0.131. The molecule has 102 valence electrons. The molecule has 0 bridgehead atoms. The normalized spacial score (nSPS) is 11.3. The fraction of sp³-hybridized carbons (Fsp3) is 0.286. The summed E-state index contributed by atoms with van der Waals surface area (Å²) in [6.07, 6.45) is 2.00. The molecule has 19 heavy (non-hydrogen) atoms. The number of anilines is 1. The Labute approximate surface area is 111 Å². The molecule has 0 saturated carbocycles. The van der Waals surface area contributed by atoms with Crippen LogP contribution in [0.3, 0.4) is 0 Å². The molecular weight excluding hydrogens is 246 g/mol. The van der Waals surface area contributed by atoms with Crippen molar-refractivity contribution in [3.05, 3.63) is 35.9 Å². The minimum absolute atomic E-state index is 0.527. The van der Waals surface area contributed by atoms with Gasteiger partial charge >= 0.3 is 12.1 Å². The number of carbonyl (C=O) groups excluding carboxylic acids is 1. The van der Waals surface area contributed by atoms with E-state index in [1.165, 1.54) is 6.08 Å². The summed E-state index contributed by atoms with van der Waals surface area (Å²) in [5.74, 6) is -1.00. The fourth-order valence-electron chi connectivity index (χ4n) is 1.27. The largest absolute Gasteiger partial charge is 0.478 e. The number of carboxylic acids is 1. The van der Waals surface area contributed by atoms with Gasteiger partial charge in [0.25, 0.3) is 0 Å². The van der Waals surface area contributed by atoms with Crippen molar-refractivity contribution in [2.45, 2.75) is 26.4 Å². The van der Waals surface area contributed by atoms with Crippen LogP contribution in [0.5, 0.6) is 0 Å². The lowest BCUT2D eigenvalue weighted by Crippen LogP contribution is -2.27. The predicted molar refractivity (Wildman–Crippen MR) is 73.0 cm³/mol. The minimum Gasteiger partial charge on any atom is -0.478 e. The van der Waals surface area contributed by atoms with E-state index in [1.54, 1.807) is 45.0 Å². The number of ether oxygens (including phenoxy) is 1. The van der Waals surface area contributed by atoms with Crippen LogP contribution in [0.1, 0.15) is 26.3 Å². The summed E-state index contributed by atoms with van der Waals surface area (Å²) in [4.78, 5) is 21.9. The Morgan fingerprint density at radius 2 is 1.79 bits per heavy atom. The van der Waals surface area contributed by atoms with E-state index in [1.807, 2.05) is 0 Å². The molecule has 2 N–H and O–H groups in total. The number of nitrogens with one attached hydrogen (secondary N) is 1. The molecule has 0 radical (unpaired) electrons. The van der Waals surface area contributed by atoms with Crippen molar-refractivity contribution in [3.8, 4) is 0 Å². The molecule has 1 rings (SSSR count). The number of rotatable bonds is 3. The van der Waals surface area contributed by atoms with Gasteiger partial charge in [-0.25, -0.2) is 9.59 Å². The van der Waals surface area contributed by atoms with Crippen molar-refractivity contribution >= 4 is 23.8 Å². The number of hydrogen-bond donors (Lipinski definition) is 2. The first-order valence-corrected chi connectivity index (χ1v) is 5.77. The highest BCUT2D eigenvalue weighted by Crippen LogP contribution is 2.13. The second kappa shape index (κ2) is 6.04. The molecule has 0 aliphatic rings. The van der Waals surface area contributed by atoms with Gasteiger partial charge in [-0.3, -0.25) is 5.32 Å². The third-order valence-electron chi connectivity index (χ3n) is 1.97. The Bertz CT molecular complexity index is 483. The van der Waals surface area contributed by atoms with Gasteiger partial charge in [-0.2, -0.15) is 0 Å².